The zero-order valence-electron chi connectivity index (χ0n) is 7.47. The summed E-state index contributed by atoms with van der Waals surface area (Å²) < 4.78 is 22.3. The minimum absolute atomic E-state index is 0.0371. The van der Waals surface area contributed by atoms with Crippen LogP contribution in [0.3, 0.4) is 0 Å². The van der Waals surface area contributed by atoms with Gasteiger partial charge in [0, 0.05) is 23.5 Å². The van der Waals surface area contributed by atoms with Gasteiger partial charge in [0.1, 0.15) is 4.90 Å². The topological polar surface area (TPSA) is 73.0 Å². The fraction of sp³-hybridized carbons (Fsp3) is 0. The lowest BCUT2D eigenvalue weighted by atomic mass is 10.1. The molecule has 1 heterocycles. The lowest BCUT2D eigenvalue weighted by Gasteiger charge is -2.05. The van der Waals surface area contributed by atoms with Crippen LogP contribution in [0.15, 0.2) is 30.4 Å². The summed E-state index contributed by atoms with van der Waals surface area (Å²) in [6.45, 7) is 7.06. The molecule has 4 nitrogen and oxygen atoms in total. The lowest BCUT2D eigenvalue weighted by Crippen LogP contribution is -2.14. The Morgan fingerprint density at radius 3 is 2.36 bits per heavy atom. The molecule has 0 unspecified atom stereocenters. The highest BCUT2D eigenvalue weighted by molar-refractivity contribution is 7.89. The first kappa shape index (κ1) is 10.6. The Kier molecular flexibility index (Phi) is 2.83. The van der Waals surface area contributed by atoms with Crippen LogP contribution >= 0.6 is 0 Å². The maximum atomic E-state index is 11.1. The van der Waals surface area contributed by atoms with Crippen LogP contribution < -0.4 is 5.14 Å². The summed E-state index contributed by atoms with van der Waals surface area (Å²) in [6, 6.07) is 0. The van der Waals surface area contributed by atoms with E-state index >= 15 is 0 Å². The second-order valence-corrected chi connectivity index (χ2v) is 4.12. The third kappa shape index (κ3) is 1.89. The van der Waals surface area contributed by atoms with Gasteiger partial charge in [0.05, 0.1) is 0 Å². The summed E-state index contributed by atoms with van der Waals surface area (Å²) in [6.07, 6.45) is 5.61. The Morgan fingerprint density at radius 2 is 1.93 bits per heavy atom. The second-order valence-electron chi connectivity index (χ2n) is 2.59. The Bertz CT molecular complexity index is 478. The molecule has 0 saturated carbocycles. The minimum atomic E-state index is -3.76. The summed E-state index contributed by atoms with van der Waals surface area (Å²) in [5.41, 5.74) is 1.02. The molecular weight excluding hydrogens is 200 g/mol. The SMILES string of the molecule is C=Cc1cncc(S(N)(=O)=O)c1C=C. The number of sulfonamides is 1. The van der Waals surface area contributed by atoms with Gasteiger partial charge in [-0.2, -0.15) is 0 Å². The van der Waals surface area contributed by atoms with Crippen molar-refractivity contribution in [2.24, 2.45) is 5.14 Å². The van der Waals surface area contributed by atoms with Gasteiger partial charge in [-0.15, -0.1) is 0 Å². The van der Waals surface area contributed by atoms with E-state index in [1.807, 2.05) is 0 Å². The van der Waals surface area contributed by atoms with Gasteiger partial charge < -0.3 is 0 Å². The van der Waals surface area contributed by atoms with E-state index in [1.54, 1.807) is 0 Å². The highest BCUT2D eigenvalue weighted by Gasteiger charge is 2.14. The largest absolute Gasteiger partial charge is 0.263 e. The zero-order chi connectivity index (χ0) is 10.8. The Morgan fingerprint density at radius 1 is 1.29 bits per heavy atom. The molecule has 5 heteroatoms. The molecule has 0 amide bonds. The molecule has 1 aromatic rings. The normalized spacial score (nSPS) is 10.9. The molecule has 0 aliphatic rings. The number of pyridine rings is 1. The van der Waals surface area contributed by atoms with E-state index < -0.39 is 10.0 Å². The van der Waals surface area contributed by atoms with Crippen molar-refractivity contribution < 1.29 is 8.42 Å². The molecule has 0 aromatic carbocycles. The van der Waals surface area contributed by atoms with E-state index in [1.165, 1.54) is 24.5 Å². The second kappa shape index (κ2) is 3.73. The van der Waals surface area contributed by atoms with Crippen LogP contribution in [-0.2, 0) is 10.0 Å². The first-order valence-electron chi connectivity index (χ1n) is 3.76. The van der Waals surface area contributed by atoms with Crippen LogP contribution in [-0.4, -0.2) is 13.4 Å². The van der Waals surface area contributed by atoms with E-state index in [2.05, 4.69) is 18.1 Å². The highest BCUT2D eigenvalue weighted by Crippen LogP contribution is 2.19. The lowest BCUT2D eigenvalue weighted by molar-refractivity contribution is 0.597. The van der Waals surface area contributed by atoms with Crippen molar-refractivity contribution in [3.8, 4) is 0 Å². The average Bonchev–Trinajstić information content (AvgIpc) is 2.15. The summed E-state index contributed by atoms with van der Waals surface area (Å²) in [4.78, 5) is 3.72. The fourth-order valence-corrected chi connectivity index (χ4v) is 1.79. The third-order valence-corrected chi connectivity index (χ3v) is 2.65. The van der Waals surface area contributed by atoms with Gasteiger partial charge >= 0.3 is 0 Å². The van der Waals surface area contributed by atoms with E-state index in [9.17, 15) is 8.42 Å². The van der Waals surface area contributed by atoms with Gasteiger partial charge in [-0.05, 0) is 0 Å². The molecule has 1 aromatic heterocycles. The van der Waals surface area contributed by atoms with E-state index in [4.69, 9.17) is 5.14 Å². The van der Waals surface area contributed by atoms with Crippen LogP contribution in [0, 0.1) is 0 Å². The number of nitrogens with zero attached hydrogens (tertiary/aromatic N) is 1. The number of primary sulfonamides is 1. The van der Waals surface area contributed by atoms with E-state index in [0.717, 1.165) is 0 Å². The quantitative estimate of drug-likeness (QED) is 0.809. The Hall–Kier alpha value is -1.46. The summed E-state index contributed by atoms with van der Waals surface area (Å²) in [5, 5.41) is 5.01. The van der Waals surface area contributed by atoms with Crippen molar-refractivity contribution in [1.29, 1.82) is 0 Å². The maximum absolute atomic E-state index is 11.1. The van der Waals surface area contributed by atoms with Crippen LogP contribution in [0.4, 0.5) is 0 Å². The predicted octanol–water partition coefficient (Wildman–Crippen LogP) is 1.02. The molecule has 0 atom stereocenters. The van der Waals surface area contributed by atoms with Crippen molar-refractivity contribution in [3.63, 3.8) is 0 Å². The zero-order valence-corrected chi connectivity index (χ0v) is 8.29. The number of aromatic nitrogens is 1. The fourth-order valence-electron chi connectivity index (χ4n) is 1.07. The standard InChI is InChI=1S/C9H10N2O2S/c1-3-7-5-11-6-9(8(7)4-2)14(10,12)13/h3-6H,1-2H2,(H2,10,12,13). The summed E-state index contributed by atoms with van der Waals surface area (Å²) >= 11 is 0. The predicted molar refractivity (Wildman–Crippen MR) is 55.8 cm³/mol. The minimum Gasteiger partial charge on any atom is -0.263 e. The van der Waals surface area contributed by atoms with Gasteiger partial charge in [0.15, 0.2) is 0 Å². The van der Waals surface area contributed by atoms with E-state index in [0.29, 0.717) is 11.1 Å². The van der Waals surface area contributed by atoms with Crippen molar-refractivity contribution in [3.05, 3.63) is 36.7 Å². The molecule has 0 spiro atoms. The Balaban J connectivity index is 3.61. The van der Waals surface area contributed by atoms with Gasteiger partial charge in [-0.25, -0.2) is 13.6 Å². The van der Waals surface area contributed by atoms with Crippen molar-refractivity contribution in [2.75, 3.05) is 0 Å². The molecule has 0 aliphatic heterocycles. The van der Waals surface area contributed by atoms with Gasteiger partial charge in [-0.3, -0.25) is 4.98 Å². The molecule has 0 saturated heterocycles. The third-order valence-electron chi connectivity index (χ3n) is 1.71. The molecule has 0 radical (unpaired) electrons. The smallest absolute Gasteiger partial charge is 0.240 e. The molecule has 2 N–H and O–H groups in total. The average molecular weight is 210 g/mol. The maximum Gasteiger partial charge on any atom is 0.240 e. The number of nitrogens with two attached hydrogens (primary N) is 1. The molecule has 0 bridgehead atoms. The number of hydrogen-bond acceptors (Lipinski definition) is 3. The van der Waals surface area contributed by atoms with E-state index in [-0.39, 0.29) is 4.90 Å². The first-order valence-corrected chi connectivity index (χ1v) is 5.31. The monoisotopic (exact) mass is 210 g/mol. The van der Waals surface area contributed by atoms with Crippen molar-refractivity contribution >= 4 is 22.2 Å². The molecule has 74 valence electrons. The van der Waals surface area contributed by atoms with Crippen LogP contribution in [0.25, 0.3) is 12.2 Å². The molecule has 0 fully saturated rings. The van der Waals surface area contributed by atoms with Crippen LogP contribution in [0.5, 0.6) is 0 Å². The van der Waals surface area contributed by atoms with Crippen molar-refractivity contribution in [1.82, 2.24) is 4.98 Å². The number of rotatable bonds is 3. The molecule has 1 rings (SSSR count). The van der Waals surface area contributed by atoms with Gasteiger partial charge in [-0.1, -0.05) is 25.3 Å². The van der Waals surface area contributed by atoms with Crippen LogP contribution in [0.2, 0.25) is 0 Å². The van der Waals surface area contributed by atoms with Gasteiger partial charge in [0.2, 0.25) is 10.0 Å². The van der Waals surface area contributed by atoms with Crippen molar-refractivity contribution in [2.45, 2.75) is 4.90 Å². The highest BCUT2D eigenvalue weighted by atomic mass is 32.2. The van der Waals surface area contributed by atoms with Gasteiger partial charge in [0.25, 0.3) is 0 Å². The summed E-state index contributed by atoms with van der Waals surface area (Å²) in [5.74, 6) is 0. The first-order chi connectivity index (χ1) is 6.50. The molecule has 0 aliphatic carbocycles. The number of hydrogen-bond donors (Lipinski definition) is 1. The Labute approximate surface area is 82.8 Å². The molecular formula is C9H10N2O2S. The summed E-state index contributed by atoms with van der Waals surface area (Å²) in [7, 11) is -3.76. The molecule has 14 heavy (non-hydrogen) atoms. The van der Waals surface area contributed by atoms with Crippen LogP contribution in [0.1, 0.15) is 11.1 Å².